The maximum atomic E-state index is 12.6. The number of carbonyl (C=O) groups is 1. The van der Waals surface area contributed by atoms with Gasteiger partial charge in [-0.3, -0.25) is 5.32 Å². The zero-order valence-electron chi connectivity index (χ0n) is 16.5. The van der Waals surface area contributed by atoms with Crippen LogP contribution in [0.15, 0.2) is 41.1 Å². The van der Waals surface area contributed by atoms with E-state index in [1.165, 1.54) is 0 Å². The number of nitrogens with zero attached hydrogens (tertiary/aromatic N) is 4. The monoisotopic (exact) mass is 379 g/mol. The molecule has 3 heterocycles. The molecule has 1 N–H and O–H groups in total. The van der Waals surface area contributed by atoms with Crippen molar-refractivity contribution < 1.29 is 9.21 Å². The molecule has 7 heteroatoms. The number of carbonyl (C=O) groups excluding carboxylic acids is 1. The molecule has 0 saturated carbocycles. The third-order valence-electron chi connectivity index (χ3n) is 5.34. The smallest absolute Gasteiger partial charge is 0.323 e. The summed E-state index contributed by atoms with van der Waals surface area (Å²) in [6, 6.07) is 8.35. The Hall–Kier alpha value is -2.93. The maximum Gasteiger partial charge on any atom is 0.323 e. The SMILES string of the molecule is Cc1ncc(-c2ccc3cnc(NC(=O)N4CCC(N(C)C)CC4)cc3c2)o1. The van der Waals surface area contributed by atoms with Gasteiger partial charge in [0.05, 0.1) is 6.20 Å². The van der Waals surface area contributed by atoms with Gasteiger partial charge in [-0.25, -0.2) is 14.8 Å². The van der Waals surface area contributed by atoms with Crippen LogP contribution >= 0.6 is 0 Å². The van der Waals surface area contributed by atoms with Crippen LogP contribution in [0.4, 0.5) is 10.6 Å². The van der Waals surface area contributed by atoms with Crippen molar-refractivity contribution in [2.24, 2.45) is 0 Å². The molecule has 28 heavy (non-hydrogen) atoms. The van der Waals surface area contributed by atoms with E-state index in [1.54, 1.807) is 12.4 Å². The van der Waals surface area contributed by atoms with E-state index in [4.69, 9.17) is 4.42 Å². The summed E-state index contributed by atoms with van der Waals surface area (Å²) in [6.07, 6.45) is 5.48. The highest BCUT2D eigenvalue weighted by Gasteiger charge is 2.24. The summed E-state index contributed by atoms with van der Waals surface area (Å²) in [4.78, 5) is 25.2. The quantitative estimate of drug-likeness (QED) is 0.750. The number of hydrogen-bond donors (Lipinski definition) is 1. The lowest BCUT2D eigenvalue weighted by Gasteiger charge is -2.35. The Morgan fingerprint density at radius 2 is 1.93 bits per heavy atom. The first kappa shape index (κ1) is 18.4. The minimum atomic E-state index is -0.0916. The predicted molar refractivity (Wildman–Crippen MR) is 109 cm³/mol. The minimum absolute atomic E-state index is 0.0916. The van der Waals surface area contributed by atoms with Gasteiger partial charge in [-0.15, -0.1) is 0 Å². The molecule has 0 spiro atoms. The van der Waals surface area contributed by atoms with Crippen LogP contribution in [0.5, 0.6) is 0 Å². The molecule has 1 aliphatic rings. The zero-order chi connectivity index (χ0) is 19.7. The van der Waals surface area contributed by atoms with Crippen LogP contribution < -0.4 is 5.32 Å². The number of pyridine rings is 1. The molecule has 0 atom stereocenters. The van der Waals surface area contributed by atoms with Crippen molar-refractivity contribution in [3.63, 3.8) is 0 Å². The van der Waals surface area contributed by atoms with Gasteiger partial charge in [0.25, 0.3) is 0 Å². The van der Waals surface area contributed by atoms with Crippen molar-refractivity contribution in [2.45, 2.75) is 25.8 Å². The zero-order valence-corrected chi connectivity index (χ0v) is 16.5. The second-order valence-corrected chi connectivity index (χ2v) is 7.49. The minimum Gasteiger partial charge on any atom is -0.441 e. The molecule has 146 valence electrons. The fourth-order valence-electron chi connectivity index (χ4n) is 3.63. The average Bonchev–Trinajstić information content (AvgIpc) is 3.14. The second kappa shape index (κ2) is 7.59. The Bertz CT molecular complexity index is 989. The third-order valence-corrected chi connectivity index (χ3v) is 5.34. The van der Waals surface area contributed by atoms with Gasteiger partial charge >= 0.3 is 6.03 Å². The van der Waals surface area contributed by atoms with Gasteiger partial charge in [0.1, 0.15) is 5.82 Å². The molecule has 2 amide bonds. The lowest BCUT2D eigenvalue weighted by Crippen LogP contribution is -2.46. The summed E-state index contributed by atoms with van der Waals surface area (Å²) in [6.45, 7) is 3.35. The first-order valence-electron chi connectivity index (χ1n) is 9.54. The summed E-state index contributed by atoms with van der Waals surface area (Å²) < 4.78 is 5.61. The lowest BCUT2D eigenvalue weighted by atomic mass is 10.0. The Kier molecular flexibility index (Phi) is 5.00. The van der Waals surface area contributed by atoms with Gasteiger partial charge < -0.3 is 14.2 Å². The number of aromatic nitrogens is 2. The molecule has 4 rings (SSSR count). The standard InChI is InChI=1S/C21H25N5O2/c1-14-22-13-19(28-14)15-4-5-16-12-23-20(11-17(16)10-15)24-21(27)26-8-6-18(7-9-26)25(2)3/h4-5,10-13,18H,6-9H2,1-3H3,(H,23,24,27). The van der Waals surface area contributed by atoms with E-state index in [0.29, 0.717) is 17.8 Å². The number of fused-ring (bicyclic) bond motifs is 1. The molecular weight excluding hydrogens is 354 g/mol. The van der Waals surface area contributed by atoms with Crippen molar-refractivity contribution >= 4 is 22.6 Å². The Morgan fingerprint density at radius 3 is 2.61 bits per heavy atom. The van der Waals surface area contributed by atoms with Crippen LogP contribution in [0.2, 0.25) is 0 Å². The summed E-state index contributed by atoms with van der Waals surface area (Å²) in [5, 5.41) is 4.93. The number of rotatable bonds is 3. The van der Waals surface area contributed by atoms with Crippen LogP contribution in [0.3, 0.4) is 0 Å². The largest absolute Gasteiger partial charge is 0.441 e. The Balaban J connectivity index is 1.49. The fraction of sp³-hybridized carbons (Fsp3) is 0.381. The van der Waals surface area contributed by atoms with E-state index in [9.17, 15) is 4.79 Å². The van der Waals surface area contributed by atoms with Crippen LogP contribution in [0, 0.1) is 6.92 Å². The van der Waals surface area contributed by atoms with E-state index < -0.39 is 0 Å². The lowest BCUT2D eigenvalue weighted by molar-refractivity contribution is 0.156. The first-order chi connectivity index (χ1) is 13.5. The van der Waals surface area contributed by atoms with Gasteiger partial charge in [-0.05, 0) is 44.5 Å². The molecule has 2 aromatic heterocycles. The van der Waals surface area contributed by atoms with Crippen molar-refractivity contribution in [1.29, 1.82) is 0 Å². The van der Waals surface area contributed by atoms with Gasteiger partial charge in [0.2, 0.25) is 0 Å². The molecule has 0 unspecified atom stereocenters. The van der Waals surface area contributed by atoms with E-state index in [2.05, 4.69) is 34.3 Å². The fourth-order valence-corrected chi connectivity index (χ4v) is 3.63. The first-order valence-corrected chi connectivity index (χ1v) is 9.54. The molecule has 1 saturated heterocycles. The number of nitrogens with one attached hydrogen (secondary N) is 1. The number of benzene rings is 1. The van der Waals surface area contributed by atoms with Gasteiger partial charge in [0.15, 0.2) is 11.7 Å². The van der Waals surface area contributed by atoms with E-state index in [-0.39, 0.29) is 6.03 Å². The predicted octanol–water partition coefficient (Wildman–Crippen LogP) is 3.76. The maximum absolute atomic E-state index is 12.6. The van der Waals surface area contributed by atoms with E-state index >= 15 is 0 Å². The highest BCUT2D eigenvalue weighted by Crippen LogP contribution is 2.26. The van der Waals surface area contributed by atoms with E-state index in [1.807, 2.05) is 36.1 Å². The van der Waals surface area contributed by atoms with Crippen molar-refractivity contribution in [3.8, 4) is 11.3 Å². The molecule has 7 nitrogen and oxygen atoms in total. The number of anilines is 1. The van der Waals surface area contributed by atoms with Crippen molar-refractivity contribution in [3.05, 3.63) is 42.5 Å². The highest BCUT2D eigenvalue weighted by molar-refractivity contribution is 5.93. The summed E-state index contributed by atoms with van der Waals surface area (Å²) in [5.74, 6) is 1.92. The number of urea groups is 1. The molecule has 3 aromatic rings. The van der Waals surface area contributed by atoms with Gasteiger partial charge in [-0.2, -0.15) is 0 Å². The molecule has 0 radical (unpaired) electrons. The van der Waals surface area contributed by atoms with Crippen LogP contribution in [-0.2, 0) is 0 Å². The molecule has 1 aliphatic heterocycles. The highest BCUT2D eigenvalue weighted by atomic mass is 16.4. The van der Waals surface area contributed by atoms with E-state index in [0.717, 1.165) is 48.0 Å². The Morgan fingerprint density at radius 1 is 1.14 bits per heavy atom. The van der Waals surface area contributed by atoms with Crippen LogP contribution in [-0.4, -0.2) is 59.0 Å². The second-order valence-electron chi connectivity index (χ2n) is 7.49. The number of hydrogen-bond acceptors (Lipinski definition) is 5. The van der Waals surface area contributed by atoms with Gasteiger partial charge in [0, 0.05) is 43.2 Å². The van der Waals surface area contributed by atoms with Crippen molar-refractivity contribution in [2.75, 3.05) is 32.5 Å². The third kappa shape index (κ3) is 3.84. The van der Waals surface area contributed by atoms with Crippen LogP contribution in [0.25, 0.3) is 22.1 Å². The van der Waals surface area contributed by atoms with Gasteiger partial charge in [-0.1, -0.05) is 12.1 Å². The summed E-state index contributed by atoms with van der Waals surface area (Å²) in [5.41, 5.74) is 0.947. The average molecular weight is 379 g/mol. The number of aryl methyl sites for hydroxylation is 1. The number of amides is 2. The summed E-state index contributed by atoms with van der Waals surface area (Å²) >= 11 is 0. The van der Waals surface area contributed by atoms with Crippen molar-refractivity contribution in [1.82, 2.24) is 19.8 Å². The normalized spacial score (nSPS) is 15.4. The molecule has 0 aliphatic carbocycles. The number of oxazole rings is 1. The molecule has 1 fully saturated rings. The Labute approximate surface area is 164 Å². The summed E-state index contributed by atoms with van der Waals surface area (Å²) in [7, 11) is 4.18. The van der Waals surface area contributed by atoms with Crippen LogP contribution in [0.1, 0.15) is 18.7 Å². The number of likely N-dealkylation sites (tertiary alicyclic amines) is 1. The molecular formula is C21H25N5O2. The topological polar surface area (TPSA) is 74.5 Å². The molecule has 0 bridgehead atoms. The number of piperidine rings is 1. The molecule has 1 aromatic carbocycles.